The molecule has 4 aliphatic rings. The number of hydrogen-bond acceptors (Lipinski definition) is 2. The van der Waals surface area contributed by atoms with Crippen LogP contribution in [0.15, 0.2) is 12.1 Å². The van der Waals surface area contributed by atoms with Gasteiger partial charge in [-0.05, 0) is 94.2 Å². The van der Waals surface area contributed by atoms with Gasteiger partial charge in [-0.25, -0.2) is 0 Å². The molecule has 0 amide bonds. The molecule has 0 saturated heterocycles. The van der Waals surface area contributed by atoms with Crippen molar-refractivity contribution >= 4 is 11.3 Å². The topological polar surface area (TPSA) is 12.0 Å². The van der Waals surface area contributed by atoms with Crippen molar-refractivity contribution in [2.24, 2.45) is 23.2 Å². The molecule has 0 aromatic carbocycles. The van der Waals surface area contributed by atoms with E-state index in [-0.39, 0.29) is 0 Å². The zero-order chi connectivity index (χ0) is 13.7. The van der Waals surface area contributed by atoms with Gasteiger partial charge in [0, 0.05) is 15.8 Å². The van der Waals surface area contributed by atoms with E-state index in [4.69, 9.17) is 0 Å². The van der Waals surface area contributed by atoms with E-state index in [1.807, 2.05) is 11.3 Å². The molecule has 4 saturated carbocycles. The lowest BCUT2D eigenvalue weighted by Crippen LogP contribution is -2.47. The summed E-state index contributed by atoms with van der Waals surface area (Å²) in [6.45, 7) is 2.23. The Balaban J connectivity index is 1.55. The number of hydrogen-bond donors (Lipinski definition) is 1. The summed E-state index contributed by atoms with van der Waals surface area (Å²) in [6, 6.07) is 5.22. The smallest absolute Gasteiger partial charge is 0.0417 e. The highest BCUT2D eigenvalue weighted by molar-refractivity contribution is 7.12. The van der Waals surface area contributed by atoms with Crippen molar-refractivity contribution in [3.8, 4) is 0 Å². The molecule has 1 heterocycles. The van der Waals surface area contributed by atoms with Crippen LogP contribution in [0.25, 0.3) is 0 Å². The predicted molar refractivity (Wildman–Crippen MR) is 86.1 cm³/mol. The predicted octanol–water partition coefficient (Wildman–Crippen LogP) is 4.92. The molecule has 1 aromatic heterocycles. The van der Waals surface area contributed by atoms with Crippen molar-refractivity contribution in [1.82, 2.24) is 5.32 Å². The van der Waals surface area contributed by atoms with Crippen LogP contribution < -0.4 is 5.32 Å². The Morgan fingerprint density at radius 1 is 1.15 bits per heavy atom. The molecule has 20 heavy (non-hydrogen) atoms. The zero-order valence-electron chi connectivity index (χ0n) is 12.8. The largest absolute Gasteiger partial charge is 0.312 e. The van der Waals surface area contributed by atoms with E-state index in [1.54, 1.807) is 24.1 Å². The molecule has 4 bridgehead atoms. The Labute approximate surface area is 127 Å². The molecule has 4 aliphatic carbocycles. The second kappa shape index (κ2) is 4.84. The average molecular weight is 289 g/mol. The first-order valence-corrected chi connectivity index (χ1v) is 9.21. The van der Waals surface area contributed by atoms with Crippen molar-refractivity contribution < 1.29 is 0 Å². The minimum atomic E-state index is 0.588. The molecule has 0 aliphatic heterocycles. The van der Waals surface area contributed by atoms with E-state index in [9.17, 15) is 0 Å². The monoisotopic (exact) mass is 289 g/mol. The highest BCUT2D eigenvalue weighted by Crippen LogP contribution is 2.62. The maximum absolute atomic E-state index is 3.62. The molecule has 1 unspecified atom stereocenters. The van der Waals surface area contributed by atoms with E-state index in [2.05, 4.69) is 31.4 Å². The molecule has 4 fully saturated rings. The molecule has 1 nitrogen and oxygen atoms in total. The van der Waals surface area contributed by atoms with Gasteiger partial charge in [0.05, 0.1) is 0 Å². The Kier molecular flexibility index (Phi) is 3.23. The summed E-state index contributed by atoms with van der Waals surface area (Å²) >= 11 is 1.99. The van der Waals surface area contributed by atoms with Crippen LogP contribution in [0, 0.1) is 30.1 Å². The minimum Gasteiger partial charge on any atom is -0.312 e. The van der Waals surface area contributed by atoms with Gasteiger partial charge >= 0.3 is 0 Å². The van der Waals surface area contributed by atoms with Crippen LogP contribution in [0.1, 0.15) is 60.7 Å². The maximum atomic E-state index is 3.62. The number of thiophene rings is 1. The maximum Gasteiger partial charge on any atom is 0.0417 e. The van der Waals surface area contributed by atoms with E-state index in [1.165, 1.54) is 30.6 Å². The van der Waals surface area contributed by atoms with Crippen molar-refractivity contribution in [3.63, 3.8) is 0 Å². The van der Waals surface area contributed by atoms with Gasteiger partial charge in [-0.1, -0.05) is 0 Å². The second-order valence-electron chi connectivity index (χ2n) is 7.91. The van der Waals surface area contributed by atoms with Crippen LogP contribution in [0.3, 0.4) is 0 Å². The van der Waals surface area contributed by atoms with Crippen molar-refractivity contribution in [2.75, 3.05) is 7.05 Å². The highest BCUT2D eigenvalue weighted by Gasteiger charge is 2.51. The highest BCUT2D eigenvalue weighted by atomic mass is 32.1. The van der Waals surface area contributed by atoms with Gasteiger partial charge in [0.2, 0.25) is 0 Å². The van der Waals surface area contributed by atoms with Crippen LogP contribution in [-0.2, 0) is 0 Å². The quantitative estimate of drug-likeness (QED) is 0.829. The fraction of sp³-hybridized carbons (Fsp3) is 0.778. The van der Waals surface area contributed by atoms with Crippen LogP contribution in [-0.4, -0.2) is 7.05 Å². The van der Waals surface area contributed by atoms with Crippen molar-refractivity contribution in [2.45, 2.75) is 57.9 Å². The van der Waals surface area contributed by atoms with Crippen LogP contribution >= 0.6 is 11.3 Å². The molecule has 110 valence electrons. The summed E-state index contributed by atoms with van der Waals surface area (Å²) in [5, 5.41) is 3.62. The van der Waals surface area contributed by atoms with Crippen LogP contribution in [0.5, 0.6) is 0 Å². The van der Waals surface area contributed by atoms with E-state index < -0.39 is 0 Å². The molecule has 1 N–H and O–H groups in total. The molecule has 0 spiro atoms. The third kappa shape index (κ3) is 2.25. The van der Waals surface area contributed by atoms with Crippen molar-refractivity contribution in [1.29, 1.82) is 0 Å². The molecule has 1 atom stereocenters. The summed E-state index contributed by atoms with van der Waals surface area (Å²) in [5.74, 6) is 3.22. The fourth-order valence-electron chi connectivity index (χ4n) is 5.96. The average Bonchev–Trinajstić information content (AvgIpc) is 2.81. The van der Waals surface area contributed by atoms with Gasteiger partial charge in [-0.3, -0.25) is 0 Å². The third-order valence-electron chi connectivity index (χ3n) is 6.26. The number of nitrogens with one attached hydrogen (secondary N) is 1. The lowest BCUT2D eigenvalue weighted by atomic mass is 9.48. The normalized spacial score (nSPS) is 40.2. The summed E-state index contributed by atoms with van der Waals surface area (Å²) in [5.41, 5.74) is 0.681. The van der Waals surface area contributed by atoms with Crippen molar-refractivity contribution in [3.05, 3.63) is 21.9 Å². The summed E-state index contributed by atoms with van der Waals surface area (Å²) in [6.07, 6.45) is 10.6. The second-order valence-corrected chi connectivity index (χ2v) is 9.23. The molecule has 0 radical (unpaired) electrons. The molecule has 1 aromatic rings. The Bertz CT molecular complexity index is 454. The first-order valence-electron chi connectivity index (χ1n) is 8.39. The third-order valence-corrected chi connectivity index (χ3v) is 7.37. The van der Waals surface area contributed by atoms with Gasteiger partial charge < -0.3 is 5.32 Å². The first-order chi connectivity index (χ1) is 9.66. The molecular formula is C18H27NS. The Morgan fingerprint density at radius 3 is 2.20 bits per heavy atom. The minimum absolute atomic E-state index is 0.588. The van der Waals surface area contributed by atoms with E-state index >= 15 is 0 Å². The van der Waals surface area contributed by atoms with Gasteiger partial charge in [0.25, 0.3) is 0 Å². The van der Waals surface area contributed by atoms with Crippen LogP contribution in [0.4, 0.5) is 0 Å². The van der Waals surface area contributed by atoms with E-state index in [0.29, 0.717) is 11.5 Å². The van der Waals surface area contributed by atoms with Gasteiger partial charge in [0.15, 0.2) is 0 Å². The Morgan fingerprint density at radius 2 is 1.75 bits per heavy atom. The number of aryl methyl sites for hydroxylation is 1. The first kappa shape index (κ1) is 13.3. The lowest BCUT2D eigenvalue weighted by molar-refractivity contribution is -0.0618. The summed E-state index contributed by atoms with van der Waals surface area (Å²) < 4.78 is 0. The van der Waals surface area contributed by atoms with E-state index in [0.717, 1.165) is 17.8 Å². The fourth-order valence-corrected chi connectivity index (χ4v) is 6.95. The summed E-state index contributed by atoms with van der Waals surface area (Å²) in [7, 11) is 2.15. The van der Waals surface area contributed by atoms with Gasteiger partial charge in [-0.2, -0.15) is 0 Å². The molecule has 2 heteroatoms. The summed E-state index contributed by atoms with van der Waals surface area (Å²) in [4.78, 5) is 3.01. The standard InChI is InChI=1S/C18H27NS/c1-12-3-4-17(20-12)16(19-2)11-18-8-13-5-14(9-18)7-15(6-13)10-18/h3-4,13-16,19H,5-11H2,1-2H3. The Hall–Kier alpha value is -0.340. The number of rotatable bonds is 4. The van der Waals surface area contributed by atoms with Gasteiger partial charge in [0.1, 0.15) is 0 Å². The molecule has 5 rings (SSSR count). The van der Waals surface area contributed by atoms with Gasteiger partial charge in [-0.15, -0.1) is 11.3 Å². The lowest BCUT2D eigenvalue weighted by Gasteiger charge is -2.57. The molecular weight excluding hydrogens is 262 g/mol. The SMILES string of the molecule is CNC(CC12CC3CC(CC(C3)C1)C2)c1ccc(C)s1. The van der Waals surface area contributed by atoms with Crippen LogP contribution in [0.2, 0.25) is 0 Å². The zero-order valence-corrected chi connectivity index (χ0v) is 13.6.